The van der Waals surface area contributed by atoms with Crippen molar-refractivity contribution < 1.29 is 21.6 Å². The van der Waals surface area contributed by atoms with Gasteiger partial charge in [-0.25, -0.2) is 22.0 Å². The van der Waals surface area contributed by atoms with E-state index in [1.165, 1.54) is 36.4 Å². The maximum atomic E-state index is 13.0. The SMILES string of the molecule is NS(=O)(=O)c1ccc(NC(=O)[C@H](Cc2ccccc2)NS(=O)(=O)c2ccc(Br)cc2)cc1. The molecule has 0 aliphatic rings. The van der Waals surface area contributed by atoms with Gasteiger partial charge in [-0.15, -0.1) is 0 Å². The van der Waals surface area contributed by atoms with Crippen molar-refractivity contribution in [3.05, 3.63) is 88.9 Å². The second-order valence-corrected chi connectivity index (χ2v) is 11.1. The second kappa shape index (κ2) is 9.92. The number of carbonyl (C=O) groups is 1. The molecule has 0 unspecified atom stereocenters. The van der Waals surface area contributed by atoms with E-state index in [1.54, 1.807) is 36.4 Å². The molecule has 3 aromatic rings. The van der Waals surface area contributed by atoms with E-state index in [4.69, 9.17) is 5.14 Å². The maximum absolute atomic E-state index is 13.0. The fourth-order valence-corrected chi connectivity index (χ4v) is 4.84. The van der Waals surface area contributed by atoms with Crippen molar-refractivity contribution in [2.75, 3.05) is 5.32 Å². The smallest absolute Gasteiger partial charge is 0.242 e. The molecule has 1 atom stereocenters. The van der Waals surface area contributed by atoms with Gasteiger partial charge >= 0.3 is 0 Å². The number of sulfonamides is 2. The lowest BCUT2D eigenvalue weighted by Crippen LogP contribution is -2.45. The number of amides is 1. The molecule has 0 radical (unpaired) electrons. The molecule has 0 aliphatic heterocycles. The molecule has 168 valence electrons. The third-order valence-corrected chi connectivity index (χ3v) is 7.42. The third-order valence-electron chi connectivity index (χ3n) is 4.47. The van der Waals surface area contributed by atoms with Crippen LogP contribution in [0, 0.1) is 0 Å². The molecular formula is C21H20BrN3O5S2. The van der Waals surface area contributed by atoms with Gasteiger partial charge in [-0.3, -0.25) is 4.79 Å². The van der Waals surface area contributed by atoms with Gasteiger partial charge in [0.05, 0.1) is 9.79 Å². The molecule has 0 aliphatic carbocycles. The van der Waals surface area contributed by atoms with E-state index in [9.17, 15) is 21.6 Å². The Kier molecular flexibility index (Phi) is 7.47. The van der Waals surface area contributed by atoms with Gasteiger partial charge in [0.1, 0.15) is 6.04 Å². The van der Waals surface area contributed by atoms with E-state index in [1.807, 2.05) is 6.07 Å². The summed E-state index contributed by atoms with van der Waals surface area (Å²) in [6.45, 7) is 0. The first-order chi connectivity index (χ1) is 15.0. The summed E-state index contributed by atoms with van der Waals surface area (Å²) in [5.41, 5.74) is 1.05. The zero-order valence-electron chi connectivity index (χ0n) is 16.6. The van der Waals surface area contributed by atoms with E-state index in [-0.39, 0.29) is 16.2 Å². The normalized spacial score (nSPS) is 12.8. The highest BCUT2D eigenvalue weighted by molar-refractivity contribution is 9.10. The van der Waals surface area contributed by atoms with Gasteiger partial charge < -0.3 is 5.32 Å². The van der Waals surface area contributed by atoms with Crippen LogP contribution < -0.4 is 15.2 Å². The summed E-state index contributed by atoms with van der Waals surface area (Å²) in [4.78, 5) is 12.9. The van der Waals surface area contributed by atoms with E-state index in [0.717, 1.165) is 10.0 Å². The van der Waals surface area contributed by atoms with E-state index >= 15 is 0 Å². The molecule has 0 fully saturated rings. The zero-order valence-corrected chi connectivity index (χ0v) is 19.8. The van der Waals surface area contributed by atoms with Crippen LogP contribution in [0.4, 0.5) is 5.69 Å². The van der Waals surface area contributed by atoms with Crippen molar-refractivity contribution in [1.82, 2.24) is 4.72 Å². The molecule has 11 heteroatoms. The highest BCUT2D eigenvalue weighted by Gasteiger charge is 2.26. The highest BCUT2D eigenvalue weighted by Crippen LogP contribution is 2.17. The topological polar surface area (TPSA) is 135 Å². The molecule has 3 rings (SSSR count). The molecular weight excluding hydrogens is 518 g/mol. The Morgan fingerprint density at radius 3 is 1.97 bits per heavy atom. The average Bonchev–Trinajstić information content (AvgIpc) is 2.74. The number of primary sulfonamides is 1. The summed E-state index contributed by atoms with van der Waals surface area (Å²) < 4.78 is 51.7. The van der Waals surface area contributed by atoms with Crippen molar-refractivity contribution in [3.8, 4) is 0 Å². The van der Waals surface area contributed by atoms with Crippen LogP contribution >= 0.6 is 15.9 Å². The van der Waals surface area contributed by atoms with Gasteiger partial charge in [0.15, 0.2) is 0 Å². The minimum Gasteiger partial charge on any atom is -0.325 e. The standard InChI is InChI=1S/C21H20BrN3O5S2/c22-16-6-10-19(11-7-16)32(29,30)25-20(14-15-4-2-1-3-5-15)21(26)24-17-8-12-18(13-9-17)31(23,27)28/h1-13,20,25H,14H2,(H,24,26)(H2,23,27,28)/t20-/m0/s1. The molecule has 4 N–H and O–H groups in total. The number of carbonyl (C=O) groups excluding carboxylic acids is 1. The highest BCUT2D eigenvalue weighted by atomic mass is 79.9. The molecule has 0 bridgehead atoms. The maximum Gasteiger partial charge on any atom is 0.242 e. The zero-order chi connectivity index (χ0) is 23.4. The Bertz CT molecular complexity index is 1300. The van der Waals surface area contributed by atoms with Crippen LogP contribution in [0.3, 0.4) is 0 Å². The average molecular weight is 538 g/mol. The number of nitrogens with two attached hydrogens (primary N) is 1. The van der Waals surface area contributed by atoms with Crippen molar-refractivity contribution in [3.63, 3.8) is 0 Å². The fourth-order valence-electron chi connectivity index (χ4n) is 2.86. The molecule has 1 amide bonds. The van der Waals surface area contributed by atoms with Crippen LogP contribution in [0.25, 0.3) is 0 Å². The largest absolute Gasteiger partial charge is 0.325 e. The lowest BCUT2D eigenvalue weighted by atomic mass is 10.1. The van der Waals surface area contributed by atoms with Crippen LogP contribution in [0.15, 0.2) is 93.1 Å². The van der Waals surface area contributed by atoms with Gasteiger partial charge in [0.25, 0.3) is 0 Å². The Morgan fingerprint density at radius 2 is 1.41 bits per heavy atom. The molecule has 0 aromatic heterocycles. The summed E-state index contributed by atoms with van der Waals surface area (Å²) in [6.07, 6.45) is 0.109. The van der Waals surface area contributed by atoms with Gasteiger partial charge in [0, 0.05) is 10.2 Å². The molecule has 0 heterocycles. The number of rotatable bonds is 8. The predicted octanol–water partition coefficient (Wildman–Crippen LogP) is 2.62. The number of benzene rings is 3. The van der Waals surface area contributed by atoms with E-state index < -0.39 is 32.0 Å². The minimum atomic E-state index is -3.99. The van der Waals surface area contributed by atoms with Crippen LogP contribution in [0.1, 0.15) is 5.56 Å². The summed E-state index contributed by atoms with van der Waals surface area (Å²) in [6, 6.07) is 19.1. The Morgan fingerprint density at radius 1 is 0.844 bits per heavy atom. The van der Waals surface area contributed by atoms with E-state index in [2.05, 4.69) is 26.0 Å². The summed E-state index contributed by atoms with van der Waals surface area (Å²) in [5, 5.41) is 7.70. The number of anilines is 1. The van der Waals surface area contributed by atoms with Crippen molar-refractivity contribution in [2.45, 2.75) is 22.3 Å². The monoisotopic (exact) mass is 537 g/mol. The van der Waals surface area contributed by atoms with Gasteiger partial charge in [-0.1, -0.05) is 46.3 Å². The molecule has 0 saturated carbocycles. The lowest BCUT2D eigenvalue weighted by Gasteiger charge is -2.19. The summed E-state index contributed by atoms with van der Waals surface area (Å²) >= 11 is 3.26. The van der Waals surface area contributed by atoms with Crippen molar-refractivity contribution >= 4 is 47.6 Å². The van der Waals surface area contributed by atoms with Gasteiger partial charge in [-0.2, -0.15) is 4.72 Å². The Labute approximate surface area is 195 Å². The first kappa shape index (κ1) is 24.1. The Balaban J connectivity index is 1.85. The number of nitrogens with one attached hydrogen (secondary N) is 2. The van der Waals surface area contributed by atoms with Crippen molar-refractivity contribution in [2.24, 2.45) is 5.14 Å². The fraction of sp³-hybridized carbons (Fsp3) is 0.0952. The quantitative estimate of drug-likeness (QED) is 0.405. The van der Waals surface area contributed by atoms with Crippen LogP contribution in [0.5, 0.6) is 0 Å². The van der Waals surface area contributed by atoms with Crippen LogP contribution in [-0.4, -0.2) is 28.8 Å². The molecule has 32 heavy (non-hydrogen) atoms. The predicted molar refractivity (Wildman–Crippen MR) is 125 cm³/mol. The number of halogens is 1. The minimum absolute atomic E-state index is 0.0177. The third kappa shape index (κ3) is 6.47. The summed E-state index contributed by atoms with van der Waals surface area (Å²) in [5.74, 6) is -0.599. The molecule has 0 saturated heterocycles. The number of hydrogen-bond acceptors (Lipinski definition) is 5. The van der Waals surface area contributed by atoms with Crippen LogP contribution in [0.2, 0.25) is 0 Å². The van der Waals surface area contributed by atoms with Crippen LogP contribution in [-0.2, 0) is 31.3 Å². The second-order valence-electron chi connectivity index (χ2n) is 6.88. The van der Waals surface area contributed by atoms with E-state index in [0.29, 0.717) is 5.69 Å². The molecule has 8 nitrogen and oxygen atoms in total. The summed E-state index contributed by atoms with van der Waals surface area (Å²) in [7, 11) is -7.86. The molecule has 0 spiro atoms. The first-order valence-corrected chi connectivity index (χ1v) is 13.1. The van der Waals surface area contributed by atoms with Gasteiger partial charge in [-0.05, 0) is 60.5 Å². The van der Waals surface area contributed by atoms with Crippen molar-refractivity contribution in [1.29, 1.82) is 0 Å². The van der Waals surface area contributed by atoms with Gasteiger partial charge in [0.2, 0.25) is 26.0 Å². The molecule has 3 aromatic carbocycles. The Hall–Kier alpha value is -2.57. The number of hydrogen-bond donors (Lipinski definition) is 3. The first-order valence-electron chi connectivity index (χ1n) is 9.30. The lowest BCUT2D eigenvalue weighted by molar-refractivity contribution is -0.117.